The van der Waals surface area contributed by atoms with Gasteiger partial charge in [0.05, 0.1) is 5.54 Å². The van der Waals surface area contributed by atoms with E-state index in [2.05, 4.69) is 17.9 Å². The van der Waals surface area contributed by atoms with Gasteiger partial charge < -0.3 is 10.1 Å². The van der Waals surface area contributed by atoms with Crippen molar-refractivity contribution in [2.75, 3.05) is 5.75 Å². The second kappa shape index (κ2) is 6.48. The van der Waals surface area contributed by atoms with E-state index < -0.39 is 17.2 Å². The molecule has 20 heavy (non-hydrogen) atoms. The van der Waals surface area contributed by atoms with Crippen LogP contribution in [0.1, 0.15) is 33.3 Å². The Labute approximate surface area is 125 Å². The zero-order chi connectivity index (χ0) is 15.4. The maximum atomic E-state index is 12.9. The molecule has 0 saturated carbocycles. The van der Waals surface area contributed by atoms with E-state index in [1.165, 1.54) is 12.1 Å². The third-order valence-corrected chi connectivity index (χ3v) is 3.36. The van der Waals surface area contributed by atoms with Gasteiger partial charge in [0.15, 0.2) is 0 Å². The quantitative estimate of drug-likeness (QED) is 0.834. The highest BCUT2D eigenvalue weighted by Crippen LogP contribution is 2.17. The van der Waals surface area contributed by atoms with Crippen LogP contribution in [0, 0.1) is 5.82 Å². The van der Waals surface area contributed by atoms with Crippen LogP contribution in [0.25, 0.3) is 0 Å². The number of hydrogen-bond acceptors (Lipinski definition) is 3. The molecule has 0 bridgehead atoms. The summed E-state index contributed by atoms with van der Waals surface area (Å²) in [7, 11) is 0. The number of ether oxygens (including phenoxy) is 1. The SMILES string of the molecule is CC(CS)(Cc1ccc(F)cc1)NC(=O)OC(C)(C)C. The molecule has 112 valence electrons. The lowest BCUT2D eigenvalue weighted by Gasteiger charge is -2.31. The summed E-state index contributed by atoms with van der Waals surface area (Å²) in [6.07, 6.45) is 0.0758. The molecule has 3 nitrogen and oxygen atoms in total. The third-order valence-electron chi connectivity index (χ3n) is 2.66. The summed E-state index contributed by atoms with van der Waals surface area (Å²) in [5.41, 5.74) is -0.167. The lowest BCUT2D eigenvalue weighted by molar-refractivity contribution is 0.0474. The number of amides is 1. The normalized spacial score (nSPS) is 14.5. The Morgan fingerprint density at radius 1 is 1.25 bits per heavy atom. The molecule has 1 N–H and O–H groups in total. The highest BCUT2D eigenvalue weighted by molar-refractivity contribution is 7.80. The molecule has 0 aliphatic heterocycles. The van der Waals surface area contributed by atoms with Crippen molar-refractivity contribution < 1.29 is 13.9 Å². The predicted molar refractivity (Wildman–Crippen MR) is 81.7 cm³/mol. The standard InChI is InChI=1S/C15H22FNO2S/c1-14(2,3)19-13(18)17-15(4,10-20)9-11-5-7-12(16)8-6-11/h5-8,20H,9-10H2,1-4H3,(H,17,18). The van der Waals surface area contributed by atoms with E-state index in [0.717, 1.165) is 5.56 Å². The van der Waals surface area contributed by atoms with Gasteiger partial charge in [0.1, 0.15) is 11.4 Å². The summed E-state index contributed by atoms with van der Waals surface area (Å²) in [6, 6.07) is 6.21. The fourth-order valence-electron chi connectivity index (χ4n) is 1.74. The number of carbonyl (C=O) groups excluding carboxylic acids is 1. The van der Waals surface area contributed by atoms with Gasteiger partial charge in [-0.05, 0) is 51.8 Å². The first kappa shape index (κ1) is 16.8. The molecule has 0 fully saturated rings. The summed E-state index contributed by atoms with van der Waals surface area (Å²) < 4.78 is 18.1. The first-order valence-corrected chi connectivity index (χ1v) is 7.13. The summed E-state index contributed by atoms with van der Waals surface area (Å²) >= 11 is 4.29. The minimum absolute atomic E-state index is 0.276. The Balaban J connectivity index is 2.71. The van der Waals surface area contributed by atoms with Gasteiger partial charge in [0.2, 0.25) is 0 Å². The largest absolute Gasteiger partial charge is 0.444 e. The molecule has 0 spiro atoms. The fourth-order valence-corrected chi connectivity index (χ4v) is 1.93. The van der Waals surface area contributed by atoms with Crippen molar-refractivity contribution in [2.24, 2.45) is 0 Å². The fraction of sp³-hybridized carbons (Fsp3) is 0.533. The van der Waals surface area contributed by atoms with Crippen molar-refractivity contribution in [3.05, 3.63) is 35.6 Å². The average molecular weight is 299 g/mol. The molecule has 1 atom stereocenters. The first-order chi connectivity index (χ1) is 9.13. The summed E-state index contributed by atoms with van der Waals surface area (Å²) in [6.45, 7) is 7.31. The predicted octanol–water partition coefficient (Wildman–Crippen LogP) is 3.58. The minimum atomic E-state index is -0.552. The van der Waals surface area contributed by atoms with Gasteiger partial charge in [-0.2, -0.15) is 12.6 Å². The number of nitrogens with one attached hydrogen (secondary N) is 1. The lowest BCUT2D eigenvalue weighted by Crippen LogP contribution is -2.50. The molecule has 1 aromatic carbocycles. The zero-order valence-electron chi connectivity index (χ0n) is 12.4. The molecule has 1 amide bonds. The first-order valence-electron chi connectivity index (χ1n) is 6.50. The molecule has 0 heterocycles. The number of hydrogen-bond donors (Lipinski definition) is 2. The van der Waals surface area contributed by atoms with E-state index in [1.807, 2.05) is 27.7 Å². The van der Waals surface area contributed by atoms with Gasteiger partial charge in [-0.3, -0.25) is 0 Å². The molecule has 0 aliphatic rings. The monoisotopic (exact) mass is 299 g/mol. The van der Waals surface area contributed by atoms with E-state index in [1.54, 1.807) is 12.1 Å². The van der Waals surface area contributed by atoms with Gasteiger partial charge in [-0.15, -0.1) is 0 Å². The van der Waals surface area contributed by atoms with Crippen molar-refractivity contribution in [2.45, 2.75) is 45.3 Å². The minimum Gasteiger partial charge on any atom is -0.444 e. The number of alkyl carbamates (subject to hydrolysis) is 1. The van der Waals surface area contributed by atoms with E-state index in [-0.39, 0.29) is 5.82 Å². The number of thiol groups is 1. The molecule has 1 aromatic rings. The van der Waals surface area contributed by atoms with Crippen LogP contribution in [0.4, 0.5) is 9.18 Å². The molecule has 0 aliphatic carbocycles. The number of benzene rings is 1. The Hall–Kier alpha value is -1.23. The maximum absolute atomic E-state index is 12.9. The van der Waals surface area contributed by atoms with Crippen LogP contribution in [0.15, 0.2) is 24.3 Å². The van der Waals surface area contributed by atoms with Crippen LogP contribution in [0.5, 0.6) is 0 Å². The van der Waals surface area contributed by atoms with Crippen molar-refractivity contribution in [3.8, 4) is 0 Å². The Morgan fingerprint density at radius 2 is 1.80 bits per heavy atom. The van der Waals surface area contributed by atoms with E-state index in [0.29, 0.717) is 12.2 Å². The van der Waals surface area contributed by atoms with Crippen LogP contribution >= 0.6 is 12.6 Å². The van der Waals surface area contributed by atoms with Crippen molar-refractivity contribution in [3.63, 3.8) is 0 Å². The van der Waals surface area contributed by atoms with Crippen LogP contribution in [-0.4, -0.2) is 23.0 Å². The molecule has 0 radical (unpaired) electrons. The second-order valence-electron chi connectivity index (χ2n) is 6.15. The topological polar surface area (TPSA) is 38.3 Å². The maximum Gasteiger partial charge on any atom is 0.408 e. The van der Waals surface area contributed by atoms with Gasteiger partial charge in [-0.25, -0.2) is 9.18 Å². The third kappa shape index (κ3) is 5.82. The summed E-state index contributed by atoms with van der Waals surface area (Å²) in [4.78, 5) is 11.9. The van der Waals surface area contributed by atoms with Crippen molar-refractivity contribution >= 4 is 18.7 Å². The van der Waals surface area contributed by atoms with Gasteiger partial charge >= 0.3 is 6.09 Å². The van der Waals surface area contributed by atoms with Crippen LogP contribution in [0.2, 0.25) is 0 Å². The zero-order valence-corrected chi connectivity index (χ0v) is 13.3. The smallest absolute Gasteiger partial charge is 0.408 e. The Morgan fingerprint density at radius 3 is 2.25 bits per heavy atom. The van der Waals surface area contributed by atoms with Gasteiger partial charge in [0.25, 0.3) is 0 Å². The van der Waals surface area contributed by atoms with Crippen LogP contribution < -0.4 is 5.32 Å². The number of halogens is 1. The molecule has 1 rings (SSSR count). The molecule has 0 aromatic heterocycles. The van der Waals surface area contributed by atoms with Crippen molar-refractivity contribution in [1.82, 2.24) is 5.32 Å². The molecule has 0 saturated heterocycles. The van der Waals surface area contributed by atoms with Gasteiger partial charge in [-0.1, -0.05) is 12.1 Å². The van der Waals surface area contributed by atoms with Crippen LogP contribution in [0.3, 0.4) is 0 Å². The van der Waals surface area contributed by atoms with Crippen molar-refractivity contribution in [1.29, 1.82) is 0 Å². The van der Waals surface area contributed by atoms with Crippen LogP contribution in [-0.2, 0) is 11.2 Å². The second-order valence-corrected chi connectivity index (χ2v) is 6.47. The van der Waals surface area contributed by atoms with E-state index in [9.17, 15) is 9.18 Å². The van der Waals surface area contributed by atoms with E-state index >= 15 is 0 Å². The van der Waals surface area contributed by atoms with E-state index in [4.69, 9.17) is 4.74 Å². The summed E-state index contributed by atoms with van der Waals surface area (Å²) in [5.74, 6) is 0.172. The average Bonchev–Trinajstić information content (AvgIpc) is 2.29. The molecular formula is C15H22FNO2S. The molecular weight excluding hydrogens is 277 g/mol. The molecule has 5 heteroatoms. The highest BCUT2D eigenvalue weighted by Gasteiger charge is 2.28. The number of rotatable bonds is 4. The Kier molecular flexibility index (Phi) is 5.45. The number of carbonyl (C=O) groups is 1. The Bertz CT molecular complexity index is 456. The highest BCUT2D eigenvalue weighted by atomic mass is 32.1. The van der Waals surface area contributed by atoms with Gasteiger partial charge in [0, 0.05) is 5.75 Å². The molecule has 1 unspecified atom stereocenters. The lowest BCUT2D eigenvalue weighted by atomic mass is 9.95. The summed E-state index contributed by atoms with van der Waals surface area (Å²) in [5, 5.41) is 2.83.